The minimum atomic E-state index is -0.483. The maximum atomic E-state index is 13.0. The summed E-state index contributed by atoms with van der Waals surface area (Å²) in [6.07, 6.45) is 3.57. The van der Waals surface area contributed by atoms with Gasteiger partial charge in [-0.25, -0.2) is 0 Å². The molecule has 0 aliphatic carbocycles. The van der Waals surface area contributed by atoms with Crippen LogP contribution in [0.3, 0.4) is 0 Å². The Morgan fingerprint density at radius 1 is 1.19 bits per heavy atom. The van der Waals surface area contributed by atoms with Gasteiger partial charge in [-0.3, -0.25) is 14.9 Å². The normalized spacial score (nSPS) is 14.8. The summed E-state index contributed by atoms with van der Waals surface area (Å²) < 4.78 is 0. The van der Waals surface area contributed by atoms with E-state index in [-0.39, 0.29) is 23.2 Å². The molecule has 0 spiro atoms. The van der Waals surface area contributed by atoms with E-state index in [2.05, 4.69) is 17.0 Å². The van der Waals surface area contributed by atoms with Gasteiger partial charge in [0.25, 0.3) is 11.6 Å². The van der Waals surface area contributed by atoms with Gasteiger partial charge in [0.15, 0.2) is 0 Å². The fourth-order valence-electron chi connectivity index (χ4n) is 3.48. The minimum absolute atomic E-state index is 0.0787. The van der Waals surface area contributed by atoms with E-state index in [0.717, 1.165) is 30.8 Å². The zero-order valence-electron chi connectivity index (χ0n) is 15.5. The lowest BCUT2D eigenvalue weighted by Crippen LogP contribution is -2.45. The van der Waals surface area contributed by atoms with Crippen molar-refractivity contribution in [2.45, 2.75) is 23.8 Å². The van der Waals surface area contributed by atoms with Crippen molar-refractivity contribution in [1.82, 2.24) is 4.90 Å². The van der Waals surface area contributed by atoms with Gasteiger partial charge in [-0.2, -0.15) is 0 Å². The van der Waals surface area contributed by atoms with Gasteiger partial charge in [0.05, 0.1) is 4.92 Å². The third-order valence-corrected chi connectivity index (χ3v) is 5.81. The average Bonchev–Trinajstić information content (AvgIpc) is 2.72. The summed E-state index contributed by atoms with van der Waals surface area (Å²) in [5.74, 6) is -0.282. The second-order valence-corrected chi connectivity index (χ2v) is 7.49. The summed E-state index contributed by atoms with van der Waals surface area (Å²) in [5.41, 5.74) is 1.22. The zero-order chi connectivity index (χ0) is 19.4. The lowest BCUT2D eigenvalue weighted by molar-refractivity contribution is -0.385. The van der Waals surface area contributed by atoms with Gasteiger partial charge >= 0.3 is 0 Å². The topological polar surface area (TPSA) is 66.7 Å². The zero-order valence-corrected chi connectivity index (χ0v) is 16.3. The molecule has 1 heterocycles. The first-order valence-electron chi connectivity index (χ1n) is 8.91. The Labute approximate surface area is 163 Å². The summed E-state index contributed by atoms with van der Waals surface area (Å²) in [7, 11) is 1.75. The molecule has 1 aliphatic heterocycles. The Morgan fingerprint density at radius 2 is 1.85 bits per heavy atom. The fraction of sp³-hybridized carbons (Fsp3) is 0.350. The van der Waals surface area contributed by atoms with E-state index in [9.17, 15) is 14.9 Å². The van der Waals surface area contributed by atoms with Gasteiger partial charge in [0.1, 0.15) is 5.56 Å². The molecule has 0 saturated carbocycles. The van der Waals surface area contributed by atoms with E-state index in [1.807, 2.05) is 24.5 Å². The quantitative estimate of drug-likeness (QED) is 0.441. The number of rotatable bonds is 5. The second-order valence-electron chi connectivity index (χ2n) is 6.61. The lowest BCUT2D eigenvalue weighted by Gasteiger charge is -2.37. The highest BCUT2D eigenvalue weighted by Gasteiger charge is 2.29. The molecule has 7 heteroatoms. The Bertz CT molecular complexity index is 820. The van der Waals surface area contributed by atoms with Crippen molar-refractivity contribution in [3.63, 3.8) is 0 Å². The van der Waals surface area contributed by atoms with Crippen LogP contribution in [0.1, 0.15) is 23.2 Å². The van der Waals surface area contributed by atoms with E-state index >= 15 is 0 Å². The molecule has 0 N–H and O–H groups in total. The first-order chi connectivity index (χ1) is 13.0. The SMILES string of the molecule is CSc1ccc([N+](=O)[O-])c(C(=O)N(C)C2CCN(c3ccccc3)CC2)c1. The molecule has 1 amide bonds. The predicted molar refractivity (Wildman–Crippen MR) is 109 cm³/mol. The molecule has 1 saturated heterocycles. The number of hydrogen-bond donors (Lipinski definition) is 0. The Hall–Kier alpha value is -2.54. The average molecular weight is 385 g/mol. The van der Waals surface area contributed by atoms with Crippen molar-refractivity contribution in [2.24, 2.45) is 0 Å². The summed E-state index contributed by atoms with van der Waals surface area (Å²) in [6, 6.07) is 15.0. The first-order valence-corrected chi connectivity index (χ1v) is 10.1. The van der Waals surface area contributed by atoms with Crippen LogP contribution in [0.15, 0.2) is 53.4 Å². The number of nitro benzene ring substituents is 1. The largest absolute Gasteiger partial charge is 0.371 e. The highest BCUT2D eigenvalue weighted by molar-refractivity contribution is 7.98. The van der Waals surface area contributed by atoms with Gasteiger partial charge < -0.3 is 9.80 Å². The van der Waals surface area contributed by atoms with Crippen LogP contribution in [0.2, 0.25) is 0 Å². The Kier molecular flexibility index (Phi) is 6.01. The summed E-state index contributed by atoms with van der Waals surface area (Å²) in [5, 5.41) is 11.3. The van der Waals surface area contributed by atoms with Crippen molar-refractivity contribution in [2.75, 3.05) is 31.3 Å². The number of benzene rings is 2. The highest BCUT2D eigenvalue weighted by Crippen LogP contribution is 2.28. The number of para-hydroxylation sites is 1. The van der Waals surface area contributed by atoms with Crippen LogP contribution < -0.4 is 4.90 Å². The summed E-state index contributed by atoms with van der Waals surface area (Å²) in [6.45, 7) is 1.72. The van der Waals surface area contributed by atoms with Crippen LogP contribution in [-0.2, 0) is 0 Å². The standard InChI is InChI=1S/C20H23N3O3S/c1-21(15-10-12-22(13-11-15)16-6-4-3-5-7-16)20(24)18-14-17(27-2)8-9-19(18)23(25)26/h3-9,14-15H,10-13H2,1-2H3. The van der Waals surface area contributed by atoms with Crippen LogP contribution >= 0.6 is 11.8 Å². The van der Waals surface area contributed by atoms with Crippen molar-refractivity contribution >= 4 is 29.0 Å². The van der Waals surface area contributed by atoms with Crippen molar-refractivity contribution < 1.29 is 9.72 Å². The van der Waals surface area contributed by atoms with Crippen LogP contribution in [0, 0.1) is 10.1 Å². The van der Waals surface area contributed by atoms with Crippen LogP contribution in [0.5, 0.6) is 0 Å². The number of thioether (sulfide) groups is 1. The highest BCUT2D eigenvalue weighted by atomic mass is 32.2. The molecule has 27 heavy (non-hydrogen) atoms. The lowest BCUT2D eigenvalue weighted by atomic mass is 10.0. The van der Waals surface area contributed by atoms with Gasteiger partial charge in [0.2, 0.25) is 0 Å². The molecular weight excluding hydrogens is 362 g/mol. The number of amides is 1. The molecule has 0 bridgehead atoms. The van der Waals surface area contributed by atoms with Gasteiger partial charge in [-0.1, -0.05) is 18.2 Å². The smallest absolute Gasteiger partial charge is 0.282 e. The molecule has 3 rings (SSSR count). The van der Waals surface area contributed by atoms with E-state index in [1.54, 1.807) is 24.1 Å². The third-order valence-electron chi connectivity index (χ3n) is 5.08. The number of hydrogen-bond acceptors (Lipinski definition) is 5. The predicted octanol–water partition coefficient (Wildman–Crippen LogP) is 4.06. The van der Waals surface area contributed by atoms with Crippen LogP contribution in [0.4, 0.5) is 11.4 Å². The number of anilines is 1. The van der Waals surface area contributed by atoms with Crippen LogP contribution in [-0.4, -0.2) is 48.2 Å². The maximum absolute atomic E-state index is 13.0. The molecule has 0 aromatic heterocycles. The third kappa shape index (κ3) is 4.24. The van der Waals surface area contributed by atoms with E-state index in [0.29, 0.717) is 0 Å². The maximum Gasteiger partial charge on any atom is 0.282 e. The summed E-state index contributed by atoms with van der Waals surface area (Å²) in [4.78, 5) is 28.7. The number of nitro groups is 1. The molecule has 1 fully saturated rings. The molecule has 6 nitrogen and oxygen atoms in total. The minimum Gasteiger partial charge on any atom is -0.371 e. The monoisotopic (exact) mass is 385 g/mol. The molecule has 2 aromatic carbocycles. The molecule has 0 radical (unpaired) electrons. The van der Waals surface area contributed by atoms with Gasteiger partial charge in [0, 0.05) is 42.8 Å². The van der Waals surface area contributed by atoms with Crippen molar-refractivity contribution in [1.29, 1.82) is 0 Å². The molecule has 142 valence electrons. The number of piperidine rings is 1. The number of carbonyl (C=O) groups is 1. The fourth-order valence-corrected chi connectivity index (χ4v) is 3.92. The molecule has 0 atom stereocenters. The summed E-state index contributed by atoms with van der Waals surface area (Å²) >= 11 is 1.47. The molecule has 0 unspecified atom stereocenters. The van der Waals surface area contributed by atoms with E-state index in [4.69, 9.17) is 0 Å². The van der Waals surface area contributed by atoms with Crippen molar-refractivity contribution in [3.05, 3.63) is 64.2 Å². The van der Waals surface area contributed by atoms with Gasteiger partial charge in [-0.05, 0) is 43.4 Å². The van der Waals surface area contributed by atoms with Crippen molar-refractivity contribution in [3.8, 4) is 0 Å². The van der Waals surface area contributed by atoms with Gasteiger partial charge in [-0.15, -0.1) is 11.8 Å². The molecule has 1 aliphatic rings. The second kappa shape index (κ2) is 8.43. The number of nitrogens with zero attached hydrogens (tertiary/aromatic N) is 3. The van der Waals surface area contributed by atoms with E-state index < -0.39 is 4.92 Å². The molecular formula is C20H23N3O3S. The Balaban J connectivity index is 1.72. The van der Waals surface area contributed by atoms with Crippen LogP contribution in [0.25, 0.3) is 0 Å². The van der Waals surface area contributed by atoms with E-state index in [1.165, 1.54) is 23.5 Å². The first kappa shape index (κ1) is 19.2. The number of carbonyl (C=O) groups excluding carboxylic acids is 1. The molecule has 2 aromatic rings. The Morgan fingerprint density at radius 3 is 2.44 bits per heavy atom.